The lowest BCUT2D eigenvalue weighted by Crippen LogP contribution is -2.26. The number of carbonyl (C=O) groups excluding carboxylic acids is 1. The highest BCUT2D eigenvalue weighted by Crippen LogP contribution is 2.25. The van der Waals surface area contributed by atoms with Gasteiger partial charge >= 0.3 is 0 Å². The highest BCUT2D eigenvalue weighted by Gasteiger charge is 2.19. The van der Waals surface area contributed by atoms with Crippen molar-refractivity contribution in [3.63, 3.8) is 0 Å². The van der Waals surface area contributed by atoms with Crippen molar-refractivity contribution in [3.05, 3.63) is 83.1 Å². The maximum absolute atomic E-state index is 12.6. The zero-order valence-electron chi connectivity index (χ0n) is 16.8. The van der Waals surface area contributed by atoms with E-state index in [1.165, 1.54) is 5.56 Å². The van der Waals surface area contributed by atoms with E-state index in [2.05, 4.69) is 28.9 Å². The van der Waals surface area contributed by atoms with Crippen LogP contribution in [0.5, 0.6) is 0 Å². The van der Waals surface area contributed by atoms with Gasteiger partial charge in [0.2, 0.25) is 0 Å². The third kappa shape index (κ3) is 4.73. The molecule has 1 N–H and O–H groups in total. The first-order chi connectivity index (χ1) is 13.6. The lowest BCUT2D eigenvalue weighted by atomic mass is 10.1. The van der Waals surface area contributed by atoms with Crippen LogP contribution in [0.3, 0.4) is 0 Å². The van der Waals surface area contributed by atoms with Gasteiger partial charge in [0.25, 0.3) is 5.91 Å². The second kappa shape index (κ2) is 9.42. The van der Waals surface area contributed by atoms with Crippen molar-refractivity contribution in [2.24, 2.45) is 0 Å². The molecule has 148 valence electrons. The zero-order valence-corrected chi connectivity index (χ0v) is 16.8. The van der Waals surface area contributed by atoms with E-state index < -0.39 is 0 Å². The molecule has 0 aliphatic heterocycles. The van der Waals surface area contributed by atoms with E-state index in [9.17, 15) is 4.79 Å². The van der Waals surface area contributed by atoms with Crippen molar-refractivity contribution in [2.75, 3.05) is 13.2 Å². The molecule has 3 rings (SSSR count). The minimum Gasteiger partial charge on any atom is -0.467 e. The molecular formula is C23H28N2O3. The summed E-state index contributed by atoms with van der Waals surface area (Å²) in [6.45, 7) is 7.83. The highest BCUT2D eigenvalue weighted by atomic mass is 16.5. The van der Waals surface area contributed by atoms with Crippen molar-refractivity contribution < 1.29 is 13.9 Å². The number of hydrogen-bond acceptors (Lipinski definition) is 3. The Kier molecular flexibility index (Phi) is 6.71. The normalized spacial score (nSPS) is 12.1. The number of hydrogen-bond donors (Lipinski definition) is 1. The number of rotatable bonds is 9. The summed E-state index contributed by atoms with van der Waals surface area (Å²) in [6.07, 6.45) is 2.39. The van der Waals surface area contributed by atoms with Gasteiger partial charge in [-0.15, -0.1) is 0 Å². The molecule has 0 spiro atoms. The van der Waals surface area contributed by atoms with Crippen LogP contribution < -0.4 is 5.32 Å². The number of ether oxygens (including phenoxy) is 1. The van der Waals surface area contributed by atoms with Crippen LogP contribution in [0.15, 0.2) is 59.2 Å². The summed E-state index contributed by atoms with van der Waals surface area (Å²) in [5, 5.41) is 3.00. The van der Waals surface area contributed by atoms with Crippen LogP contribution in [0.2, 0.25) is 0 Å². The predicted octanol–water partition coefficient (Wildman–Crippen LogP) is 4.64. The second-order valence-corrected chi connectivity index (χ2v) is 6.98. The Morgan fingerprint density at radius 3 is 2.68 bits per heavy atom. The van der Waals surface area contributed by atoms with Crippen LogP contribution in [0.1, 0.15) is 52.5 Å². The first-order valence-corrected chi connectivity index (χ1v) is 9.69. The summed E-state index contributed by atoms with van der Waals surface area (Å²) < 4.78 is 13.0. The first kappa shape index (κ1) is 20.0. The van der Waals surface area contributed by atoms with Crippen molar-refractivity contribution in [1.82, 2.24) is 9.88 Å². The molecule has 2 aromatic heterocycles. The van der Waals surface area contributed by atoms with Crippen molar-refractivity contribution >= 4 is 5.91 Å². The van der Waals surface area contributed by atoms with Gasteiger partial charge < -0.3 is 19.0 Å². The van der Waals surface area contributed by atoms with E-state index in [4.69, 9.17) is 9.15 Å². The van der Waals surface area contributed by atoms with Crippen LogP contribution in [-0.4, -0.2) is 23.6 Å². The Morgan fingerprint density at radius 2 is 1.96 bits per heavy atom. The number of furan rings is 1. The lowest BCUT2D eigenvalue weighted by Gasteiger charge is -2.19. The summed E-state index contributed by atoms with van der Waals surface area (Å²) in [6, 6.07) is 16.2. The van der Waals surface area contributed by atoms with E-state index >= 15 is 0 Å². The first-order valence-electron chi connectivity index (χ1n) is 9.69. The number of aromatic nitrogens is 1. The van der Waals surface area contributed by atoms with E-state index in [1.54, 1.807) is 6.26 Å². The fourth-order valence-corrected chi connectivity index (χ4v) is 3.52. The average molecular weight is 380 g/mol. The zero-order chi connectivity index (χ0) is 19.9. The SMILES string of the molecule is Cc1cc(C(=O)NCCCOCc2ccco2)c(C)n1C(C)c1ccccc1. The number of nitrogens with zero attached hydrogens (tertiary/aromatic N) is 1. The molecule has 0 saturated carbocycles. The van der Waals surface area contributed by atoms with Crippen LogP contribution >= 0.6 is 0 Å². The third-order valence-electron chi connectivity index (χ3n) is 4.97. The van der Waals surface area contributed by atoms with Crippen LogP contribution in [-0.2, 0) is 11.3 Å². The molecule has 0 aliphatic carbocycles. The number of nitrogens with one attached hydrogen (secondary N) is 1. The minimum absolute atomic E-state index is 0.0364. The molecule has 3 aromatic rings. The van der Waals surface area contributed by atoms with Crippen LogP contribution in [0.25, 0.3) is 0 Å². The maximum atomic E-state index is 12.6. The molecule has 1 atom stereocenters. The fourth-order valence-electron chi connectivity index (χ4n) is 3.52. The largest absolute Gasteiger partial charge is 0.467 e. The molecule has 5 nitrogen and oxygen atoms in total. The molecule has 0 fully saturated rings. The smallest absolute Gasteiger partial charge is 0.253 e. The quantitative estimate of drug-likeness (QED) is 0.550. The van der Waals surface area contributed by atoms with Crippen LogP contribution in [0, 0.1) is 13.8 Å². The minimum atomic E-state index is -0.0364. The summed E-state index contributed by atoms with van der Waals surface area (Å²) in [4.78, 5) is 12.6. The average Bonchev–Trinajstić information content (AvgIpc) is 3.32. The fraction of sp³-hybridized carbons (Fsp3) is 0.348. The molecular weight excluding hydrogens is 352 g/mol. The van der Waals surface area contributed by atoms with E-state index in [0.717, 1.165) is 29.1 Å². The van der Waals surface area contributed by atoms with Crippen molar-refractivity contribution in [1.29, 1.82) is 0 Å². The number of aryl methyl sites for hydroxylation is 1. The summed E-state index contributed by atoms with van der Waals surface area (Å²) in [5.74, 6) is 0.773. The molecule has 2 heterocycles. The second-order valence-electron chi connectivity index (χ2n) is 6.98. The van der Waals surface area contributed by atoms with E-state index in [0.29, 0.717) is 19.8 Å². The summed E-state index contributed by atoms with van der Waals surface area (Å²) in [7, 11) is 0. The van der Waals surface area contributed by atoms with Gasteiger partial charge in [-0.05, 0) is 51.0 Å². The van der Waals surface area contributed by atoms with Crippen molar-refractivity contribution in [2.45, 2.75) is 39.8 Å². The third-order valence-corrected chi connectivity index (χ3v) is 4.97. The number of benzene rings is 1. The van der Waals surface area contributed by atoms with Gasteiger partial charge in [-0.2, -0.15) is 0 Å². The molecule has 5 heteroatoms. The number of carbonyl (C=O) groups is 1. The van der Waals surface area contributed by atoms with E-state index in [-0.39, 0.29) is 11.9 Å². The standard InChI is InChI=1S/C23H28N2O3/c1-17-15-22(19(3)25(17)18(2)20-9-5-4-6-10-20)23(26)24-12-8-13-27-16-21-11-7-14-28-21/h4-7,9-11,14-15,18H,8,12-13,16H2,1-3H3,(H,24,26). The predicted molar refractivity (Wildman–Crippen MR) is 109 cm³/mol. The molecule has 0 bridgehead atoms. The van der Waals surface area contributed by atoms with Gasteiger partial charge in [0.1, 0.15) is 12.4 Å². The lowest BCUT2D eigenvalue weighted by molar-refractivity contribution is 0.0916. The van der Waals surface area contributed by atoms with Crippen LogP contribution in [0.4, 0.5) is 0 Å². The molecule has 0 aliphatic rings. The molecule has 0 saturated heterocycles. The van der Waals surface area contributed by atoms with Gasteiger partial charge in [-0.3, -0.25) is 4.79 Å². The van der Waals surface area contributed by atoms with Gasteiger partial charge in [0.05, 0.1) is 17.9 Å². The van der Waals surface area contributed by atoms with Gasteiger partial charge in [-0.25, -0.2) is 0 Å². The van der Waals surface area contributed by atoms with Gasteiger partial charge in [0, 0.05) is 24.5 Å². The Morgan fingerprint density at radius 1 is 1.18 bits per heavy atom. The topological polar surface area (TPSA) is 56.4 Å². The van der Waals surface area contributed by atoms with E-state index in [1.807, 2.05) is 50.2 Å². The van der Waals surface area contributed by atoms with Gasteiger partial charge in [-0.1, -0.05) is 30.3 Å². The summed E-state index contributed by atoms with van der Waals surface area (Å²) >= 11 is 0. The summed E-state index contributed by atoms with van der Waals surface area (Å²) in [5.41, 5.74) is 4.03. The number of amides is 1. The molecule has 1 aromatic carbocycles. The van der Waals surface area contributed by atoms with Gasteiger partial charge in [0.15, 0.2) is 0 Å². The Hall–Kier alpha value is -2.79. The Bertz CT molecular complexity index is 882. The van der Waals surface area contributed by atoms with Crippen molar-refractivity contribution in [3.8, 4) is 0 Å². The Balaban J connectivity index is 1.52. The molecule has 0 radical (unpaired) electrons. The maximum Gasteiger partial charge on any atom is 0.253 e. The Labute approximate surface area is 166 Å². The highest BCUT2D eigenvalue weighted by molar-refractivity contribution is 5.95. The monoisotopic (exact) mass is 380 g/mol. The molecule has 1 unspecified atom stereocenters. The molecule has 28 heavy (non-hydrogen) atoms. The molecule has 1 amide bonds.